The molecule has 0 spiro atoms. The first-order chi connectivity index (χ1) is 10.8. The second kappa shape index (κ2) is 6.75. The molecule has 1 amide bonds. The highest BCUT2D eigenvalue weighted by Gasteiger charge is 2.32. The lowest BCUT2D eigenvalue weighted by atomic mass is 10.1. The second-order valence-corrected chi connectivity index (χ2v) is 6.15. The molecule has 0 unspecified atom stereocenters. The van der Waals surface area contributed by atoms with Crippen LogP contribution in [0.5, 0.6) is 5.75 Å². The van der Waals surface area contributed by atoms with Crippen LogP contribution in [-0.4, -0.2) is 42.8 Å². The molecule has 0 aliphatic carbocycles. The zero-order valence-electron chi connectivity index (χ0n) is 11.5. The van der Waals surface area contributed by atoms with Gasteiger partial charge in [0.25, 0.3) is 11.6 Å². The van der Waals surface area contributed by atoms with Gasteiger partial charge in [-0.2, -0.15) is 0 Å². The highest BCUT2D eigenvalue weighted by atomic mass is 32.2. The lowest BCUT2D eigenvalue weighted by molar-refractivity contribution is -0.384. The van der Waals surface area contributed by atoms with Gasteiger partial charge in [0.05, 0.1) is 16.2 Å². The van der Waals surface area contributed by atoms with Gasteiger partial charge in [0, 0.05) is 24.2 Å². The van der Waals surface area contributed by atoms with Crippen LogP contribution in [0.4, 0.5) is 5.69 Å². The molecule has 1 aliphatic heterocycles. The first-order valence-electron chi connectivity index (χ1n) is 6.24. The van der Waals surface area contributed by atoms with E-state index >= 15 is 0 Å². The number of nitro groups is 1. The largest absolute Gasteiger partial charge is 0.507 e. The van der Waals surface area contributed by atoms with Crippen LogP contribution in [0.25, 0.3) is 6.08 Å². The van der Waals surface area contributed by atoms with Crippen molar-refractivity contribution in [2.45, 2.75) is 6.42 Å². The molecule has 23 heavy (non-hydrogen) atoms. The van der Waals surface area contributed by atoms with Crippen molar-refractivity contribution in [1.29, 1.82) is 0 Å². The second-order valence-electron chi connectivity index (χ2n) is 4.48. The third kappa shape index (κ3) is 3.85. The van der Waals surface area contributed by atoms with Gasteiger partial charge < -0.3 is 10.2 Å². The Morgan fingerprint density at radius 2 is 2.17 bits per heavy atom. The van der Waals surface area contributed by atoms with Crippen molar-refractivity contribution in [2.24, 2.45) is 0 Å². The van der Waals surface area contributed by atoms with Crippen LogP contribution in [0.1, 0.15) is 12.0 Å². The van der Waals surface area contributed by atoms with E-state index in [0.717, 1.165) is 34.9 Å². The van der Waals surface area contributed by atoms with E-state index in [9.17, 15) is 24.8 Å². The van der Waals surface area contributed by atoms with Crippen LogP contribution in [0.3, 0.4) is 0 Å². The summed E-state index contributed by atoms with van der Waals surface area (Å²) in [5.74, 6) is -1.77. The third-order valence-electron chi connectivity index (χ3n) is 2.93. The molecule has 0 bridgehead atoms. The molecule has 0 aromatic heterocycles. The molecule has 8 nitrogen and oxygen atoms in total. The SMILES string of the molecule is O=C(O)CCN1C(=O)/C(=C\c2cc([N+](=O)[O-])ccc2O)SC1=S. The molecular formula is C13H10N2O6S2. The summed E-state index contributed by atoms with van der Waals surface area (Å²) >= 11 is 5.97. The molecule has 1 saturated heterocycles. The lowest BCUT2D eigenvalue weighted by Crippen LogP contribution is -2.30. The van der Waals surface area contributed by atoms with Gasteiger partial charge >= 0.3 is 5.97 Å². The Labute approximate surface area is 139 Å². The number of phenols is 1. The molecule has 1 aromatic rings. The number of thiocarbonyl (C=S) groups is 1. The van der Waals surface area contributed by atoms with Gasteiger partial charge in [-0.05, 0) is 12.1 Å². The number of carboxylic acid groups (broad SMARTS) is 1. The number of carboxylic acids is 1. The van der Waals surface area contributed by atoms with Gasteiger partial charge in [-0.3, -0.25) is 24.6 Å². The monoisotopic (exact) mass is 354 g/mol. The van der Waals surface area contributed by atoms with Gasteiger partial charge in [0.15, 0.2) is 0 Å². The van der Waals surface area contributed by atoms with E-state index < -0.39 is 16.8 Å². The van der Waals surface area contributed by atoms with Crippen LogP contribution in [-0.2, 0) is 9.59 Å². The molecule has 2 rings (SSSR count). The summed E-state index contributed by atoms with van der Waals surface area (Å²) in [6.07, 6.45) is 1.05. The number of benzene rings is 1. The number of aliphatic carboxylic acids is 1. The number of rotatable bonds is 5. The molecule has 120 valence electrons. The zero-order valence-corrected chi connectivity index (χ0v) is 13.1. The normalized spacial score (nSPS) is 16.2. The number of nitro benzene ring substituents is 1. The quantitative estimate of drug-likeness (QED) is 0.356. The smallest absolute Gasteiger partial charge is 0.305 e. The van der Waals surface area contributed by atoms with Crippen LogP contribution in [0, 0.1) is 10.1 Å². The van der Waals surface area contributed by atoms with E-state index in [2.05, 4.69) is 0 Å². The molecule has 0 saturated carbocycles. The average molecular weight is 354 g/mol. The Bertz CT molecular complexity index is 746. The highest BCUT2D eigenvalue weighted by Crippen LogP contribution is 2.35. The number of non-ortho nitro benzene ring substituents is 1. The highest BCUT2D eigenvalue weighted by molar-refractivity contribution is 8.26. The Morgan fingerprint density at radius 3 is 2.78 bits per heavy atom. The number of phenolic OH excluding ortho intramolecular Hbond substituents is 1. The molecular weight excluding hydrogens is 344 g/mol. The number of amides is 1. The van der Waals surface area contributed by atoms with E-state index in [4.69, 9.17) is 17.3 Å². The van der Waals surface area contributed by atoms with Crippen molar-refractivity contribution in [3.63, 3.8) is 0 Å². The summed E-state index contributed by atoms with van der Waals surface area (Å²) in [6, 6.07) is 3.44. The minimum atomic E-state index is -1.06. The van der Waals surface area contributed by atoms with Gasteiger partial charge in [0.1, 0.15) is 10.1 Å². The third-order valence-corrected chi connectivity index (χ3v) is 4.31. The number of hydrogen-bond donors (Lipinski definition) is 2. The number of carbonyl (C=O) groups is 2. The summed E-state index contributed by atoms with van der Waals surface area (Å²) in [6.45, 7) is -0.0573. The molecule has 0 radical (unpaired) electrons. The fourth-order valence-electron chi connectivity index (χ4n) is 1.81. The Balaban J connectivity index is 2.28. The van der Waals surface area contributed by atoms with E-state index in [-0.39, 0.29) is 39.2 Å². The van der Waals surface area contributed by atoms with E-state index in [1.54, 1.807) is 0 Å². The molecule has 2 N–H and O–H groups in total. The maximum Gasteiger partial charge on any atom is 0.305 e. The summed E-state index contributed by atoms with van der Waals surface area (Å²) in [5, 5.41) is 29.2. The van der Waals surface area contributed by atoms with Crippen molar-refractivity contribution < 1.29 is 24.7 Å². The number of aromatic hydroxyl groups is 1. The average Bonchev–Trinajstić information content (AvgIpc) is 2.73. The first-order valence-corrected chi connectivity index (χ1v) is 7.46. The van der Waals surface area contributed by atoms with Crippen LogP contribution in [0.15, 0.2) is 23.1 Å². The summed E-state index contributed by atoms with van der Waals surface area (Å²) in [5.41, 5.74) is -0.117. The maximum absolute atomic E-state index is 12.2. The molecule has 1 aromatic carbocycles. The number of carbonyl (C=O) groups excluding carboxylic acids is 1. The molecule has 1 aliphatic rings. The van der Waals surface area contributed by atoms with Gasteiger partial charge in [0.2, 0.25) is 0 Å². The predicted octanol–water partition coefficient (Wildman–Crippen LogP) is 1.98. The first kappa shape index (κ1) is 16.9. The van der Waals surface area contributed by atoms with Crippen molar-refractivity contribution in [3.8, 4) is 5.75 Å². The number of nitrogens with zero attached hydrogens (tertiary/aromatic N) is 2. The summed E-state index contributed by atoms with van der Waals surface area (Å²) in [4.78, 5) is 34.3. The Morgan fingerprint density at radius 1 is 1.48 bits per heavy atom. The van der Waals surface area contributed by atoms with Crippen LogP contribution >= 0.6 is 24.0 Å². The topological polar surface area (TPSA) is 121 Å². The summed E-state index contributed by atoms with van der Waals surface area (Å²) in [7, 11) is 0. The standard InChI is InChI=1S/C13H10N2O6S2/c16-9-2-1-8(15(20)21)5-7(9)6-10-12(19)14(13(22)23-10)4-3-11(17)18/h1-2,5-6,16H,3-4H2,(H,17,18)/b10-6+. The molecule has 0 atom stereocenters. The van der Waals surface area contributed by atoms with Crippen molar-refractivity contribution in [1.82, 2.24) is 4.90 Å². The molecule has 1 fully saturated rings. The number of hydrogen-bond acceptors (Lipinski definition) is 7. The summed E-state index contributed by atoms with van der Waals surface area (Å²) < 4.78 is 0.201. The minimum absolute atomic E-state index is 0.0573. The Kier molecular flexibility index (Phi) is 4.96. The molecule has 10 heteroatoms. The van der Waals surface area contributed by atoms with E-state index in [1.165, 1.54) is 6.08 Å². The predicted molar refractivity (Wildman–Crippen MR) is 86.9 cm³/mol. The Hall–Kier alpha value is -2.46. The molecule has 1 heterocycles. The van der Waals surface area contributed by atoms with Crippen molar-refractivity contribution >= 4 is 51.9 Å². The fourth-order valence-corrected chi connectivity index (χ4v) is 3.11. The fraction of sp³-hybridized carbons (Fsp3) is 0.154. The van der Waals surface area contributed by atoms with E-state index in [1.807, 2.05) is 0 Å². The maximum atomic E-state index is 12.2. The minimum Gasteiger partial charge on any atom is -0.507 e. The lowest BCUT2D eigenvalue weighted by Gasteiger charge is -2.12. The number of thioether (sulfide) groups is 1. The zero-order chi connectivity index (χ0) is 17.1. The van der Waals surface area contributed by atoms with Crippen LogP contribution < -0.4 is 0 Å². The van der Waals surface area contributed by atoms with Gasteiger partial charge in [-0.25, -0.2) is 0 Å². The van der Waals surface area contributed by atoms with Crippen molar-refractivity contribution in [3.05, 3.63) is 38.8 Å². The van der Waals surface area contributed by atoms with E-state index in [0.29, 0.717) is 0 Å². The van der Waals surface area contributed by atoms with Crippen LogP contribution in [0.2, 0.25) is 0 Å². The van der Waals surface area contributed by atoms with Gasteiger partial charge in [-0.1, -0.05) is 24.0 Å². The van der Waals surface area contributed by atoms with Crippen molar-refractivity contribution in [2.75, 3.05) is 6.54 Å². The van der Waals surface area contributed by atoms with Gasteiger partial charge in [-0.15, -0.1) is 0 Å².